The van der Waals surface area contributed by atoms with E-state index in [1.807, 2.05) is 18.2 Å². The van der Waals surface area contributed by atoms with Gasteiger partial charge in [-0.15, -0.1) is 0 Å². The molecule has 3 rings (SSSR count). The highest BCUT2D eigenvalue weighted by molar-refractivity contribution is 5.97. The normalized spacial score (nSPS) is 15.4. The first-order chi connectivity index (χ1) is 11.2. The number of carbonyl (C=O) groups excluding carboxylic acids is 1. The van der Waals surface area contributed by atoms with Crippen LogP contribution in [0.3, 0.4) is 0 Å². The molecule has 0 bridgehead atoms. The van der Waals surface area contributed by atoms with Gasteiger partial charge in [0, 0.05) is 6.07 Å². The molecule has 2 aromatic carbocycles. The quantitative estimate of drug-likeness (QED) is 0.919. The van der Waals surface area contributed by atoms with Gasteiger partial charge < -0.3 is 14.8 Å². The van der Waals surface area contributed by atoms with Gasteiger partial charge in [-0.2, -0.15) is 0 Å². The van der Waals surface area contributed by atoms with Gasteiger partial charge in [-0.3, -0.25) is 4.79 Å². The lowest BCUT2D eigenvalue weighted by Gasteiger charge is -2.43. The molecule has 0 saturated heterocycles. The Bertz CT molecular complexity index is 693. The van der Waals surface area contributed by atoms with Crippen LogP contribution < -0.4 is 14.8 Å². The van der Waals surface area contributed by atoms with Crippen molar-refractivity contribution in [2.24, 2.45) is 0 Å². The van der Waals surface area contributed by atoms with E-state index in [2.05, 4.69) is 17.4 Å². The number of ether oxygens (including phenoxy) is 2. The summed E-state index contributed by atoms with van der Waals surface area (Å²) in [6, 6.07) is 15.4. The zero-order chi connectivity index (χ0) is 16.3. The number of benzene rings is 2. The van der Waals surface area contributed by atoms with E-state index in [4.69, 9.17) is 9.47 Å². The van der Waals surface area contributed by atoms with Crippen LogP contribution in [0.1, 0.15) is 35.2 Å². The number of methoxy groups -OCH3 is 2. The maximum absolute atomic E-state index is 12.8. The molecular formula is C19H21NO3. The Kier molecular flexibility index (Phi) is 4.24. The summed E-state index contributed by atoms with van der Waals surface area (Å²) in [4.78, 5) is 12.8. The minimum atomic E-state index is -0.261. The van der Waals surface area contributed by atoms with E-state index in [1.165, 1.54) is 0 Å². The lowest BCUT2D eigenvalue weighted by Crippen LogP contribution is -2.50. The van der Waals surface area contributed by atoms with E-state index < -0.39 is 0 Å². The van der Waals surface area contributed by atoms with Crippen molar-refractivity contribution in [1.82, 2.24) is 5.32 Å². The van der Waals surface area contributed by atoms with Gasteiger partial charge in [0.05, 0.1) is 25.3 Å². The summed E-state index contributed by atoms with van der Waals surface area (Å²) >= 11 is 0. The fourth-order valence-electron chi connectivity index (χ4n) is 3.04. The number of carbonyl (C=O) groups is 1. The van der Waals surface area contributed by atoms with Gasteiger partial charge in [-0.05, 0) is 37.0 Å². The first-order valence-corrected chi connectivity index (χ1v) is 7.78. The van der Waals surface area contributed by atoms with Crippen LogP contribution in [0.25, 0.3) is 0 Å². The maximum Gasteiger partial charge on any atom is 0.255 e. The second-order valence-electron chi connectivity index (χ2n) is 5.82. The number of nitrogens with one attached hydrogen (secondary N) is 1. The smallest absolute Gasteiger partial charge is 0.255 e. The molecule has 4 nitrogen and oxygen atoms in total. The van der Waals surface area contributed by atoms with Crippen molar-refractivity contribution < 1.29 is 14.3 Å². The van der Waals surface area contributed by atoms with Gasteiger partial charge in [-0.1, -0.05) is 30.3 Å². The predicted molar refractivity (Wildman–Crippen MR) is 89.0 cm³/mol. The van der Waals surface area contributed by atoms with E-state index in [9.17, 15) is 4.79 Å². The zero-order valence-electron chi connectivity index (χ0n) is 13.5. The molecule has 1 N–H and O–H groups in total. The second-order valence-corrected chi connectivity index (χ2v) is 5.82. The summed E-state index contributed by atoms with van der Waals surface area (Å²) in [6.45, 7) is 0. The van der Waals surface area contributed by atoms with Crippen molar-refractivity contribution in [3.05, 3.63) is 59.7 Å². The summed E-state index contributed by atoms with van der Waals surface area (Å²) in [5.41, 5.74) is 1.42. The predicted octanol–water partition coefficient (Wildman–Crippen LogP) is 3.51. The summed E-state index contributed by atoms with van der Waals surface area (Å²) in [6.07, 6.45) is 3.04. The van der Waals surface area contributed by atoms with E-state index >= 15 is 0 Å². The van der Waals surface area contributed by atoms with E-state index in [0.717, 1.165) is 24.8 Å². The Morgan fingerprint density at radius 2 is 1.78 bits per heavy atom. The highest BCUT2D eigenvalue weighted by Gasteiger charge is 2.40. The Hall–Kier alpha value is -2.49. The highest BCUT2D eigenvalue weighted by atomic mass is 16.5. The first kappa shape index (κ1) is 15.4. The van der Waals surface area contributed by atoms with Crippen molar-refractivity contribution in [3.8, 4) is 11.5 Å². The molecule has 0 aliphatic heterocycles. The van der Waals surface area contributed by atoms with Gasteiger partial charge in [-0.25, -0.2) is 0 Å². The minimum absolute atomic E-state index is 0.118. The van der Waals surface area contributed by atoms with Crippen molar-refractivity contribution in [1.29, 1.82) is 0 Å². The topological polar surface area (TPSA) is 47.6 Å². The van der Waals surface area contributed by atoms with Crippen LogP contribution in [0.2, 0.25) is 0 Å². The van der Waals surface area contributed by atoms with Crippen molar-refractivity contribution in [3.63, 3.8) is 0 Å². The lowest BCUT2D eigenvalue weighted by molar-refractivity contribution is 0.0820. The van der Waals surface area contributed by atoms with Crippen molar-refractivity contribution >= 4 is 5.91 Å². The Labute approximate surface area is 136 Å². The van der Waals surface area contributed by atoms with E-state index in [0.29, 0.717) is 17.1 Å². The molecule has 0 aromatic heterocycles. The molecule has 1 fully saturated rings. The van der Waals surface area contributed by atoms with Gasteiger partial charge in [0.2, 0.25) is 0 Å². The monoisotopic (exact) mass is 311 g/mol. The SMILES string of the molecule is COc1ccc(C(=O)NC2(c3ccccc3)CCC2)c(OC)c1. The number of hydrogen-bond donors (Lipinski definition) is 1. The second kappa shape index (κ2) is 6.32. The van der Waals surface area contributed by atoms with Crippen LogP contribution in [0.4, 0.5) is 0 Å². The van der Waals surface area contributed by atoms with Crippen LogP contribution in [0, 0.1) is 0 Å². The van der Waals surface area contributed by atoms with Crippen molar-refractivity contribution in [2.45, 2.75) is 24.8 Å². The molecular weight excluding hydrogens is 290 g/mol. The first-order valence-electron chi connectivity index (χ1n) is 7.78. The third kappa shape index (κ3) is 2.89. The summed E-state index contributed by atoms with van der Waals surface area (Å²) in [7, 11) is 3.15. The summed E-state index contributed by atoms with van der Waals surface area (Å²) in [5, 5.41) is 3.21. The van der Waals surface area contributed by atoms with Gasteiger partial charge in [0.25, 0.3) is 5.91 Å². The third-order valence-corrected chi connectivity index (χ3v) is 4.54. The zero-order valence-corrected chi connectivity index (χ0v) is 13.5. The Morgan fingerprint density at radius 3 is 2.35 bits per heavy atom. The largest absolute Gasteiger partial charge is 0.497 e. The van der Waals surface area contributed by atoms with E-state index in [1.54, 1.807) is 32.4 Å². The molecule has 0 spiro atoms. The van der Waals surface area contributed by atoms with Crippen LogP contribution >= 0.6 is 0 Å². The molecule has 0 atom stereocenters. The molecule has 2 aromatic rings. The third-order valence-electron chi connectivity index (χ3n) is 4.54. The average Bonchev–Trinajstić information content (AvgIpc) is 2.58. The number of hydrogen-bond acceptors (Lipinski definition) is 3. The van der Waals surface area contributed by atoms with Gasteiger partial charge >= 0.3 is 0 Å². The molecule has 1 aliphatic rings. The molecule has 1 amide bonds. The molecule has 120 valence electrons. The Balaban J connectivity index is 1.86. The van der Waals surface area contributed by atoms with Crippen LogP contribution in [0.15, 0.2) is 48.5 Å². The highest BCUT2D eigenvalue weighted by Crippen LogP contribution is 2.41. The molecule has 1 aliphatic carbocycles. The van der Waals surface area contributed by atoms with Gasteiger partial charge in [0.1, 0.15) is 11.5 Å². The molecule has 0 radical (unpaired) electrons. The van der Waals surface area contributed by atoms with Gasteiger partial charge in [0.15, 0.2) is 0 Å². The molecule has 1 saturated carbocycles. The minimum Gasteiger partial charge on any atom is -0.497 e. The van der Waals surface area contributed by atoms with Crippen LogP contribution in [-0.2, 0) is 5.54 Å². The van der Waals surface area contributed by atoms with Crippen LogP contribution in [-0.4, -0.2) is 20.1 Å². The average molecular weight is 311 g/mol. The number of rotatable bonds is 5. The van der Waals surface area contributed by atoms with Crippen molar-refractivity contribution in [2.75, 3.05) is 14.2 Å². The molecule has 4 heteroatoms. The fraction of sp³-hybridized carbons (Fsp3) is 0.316. The fourth-order valence-corrected chi connectivity index (χ4v) is 3.04. The number of amides is 1. The molecule has 23 heavy (non-hydrogen) atoms. The van der Waals surface area contributed by atoms with Crippen LogP contribution in [0.5, 0.6) is 11.5 Å². The molecule has 0 unspecified atom stereocenters. The van der Waals surface area contributed by atoms with E-state index in [-0.39, 0.29) is 11.4 Å². The Morgan fingerprint density at radius 1 is 1.04 bits per heavy atom. The lowest BCUT2D eigenvalue weighted by atomic mass is 9.71. The summed E-state index contributed by atoms with van der Waals surface area (Å²) in [5.74, 6) is 1.07. The summed E-state index contributed by atoms with van der Waals surface area (Å²) < 4.78 is 10.5. The standard InChI is InChI=1S/C19H21NO3/c1-22-15-9-10-16(17(13-15)23-2)18(21)20-19(11-6-12-19)14-7-4-3-5-8-14/h3-5,7-10,13H,6,11-12H2,1-2H3,(H,20,21). The molecule has 0 heterocycles. The maximum atomic E-state index is 12.8.